The van der Waals surface area contributed by atoms with Crippen molar-refractivity contribution in [2.75, 3.05) is 0 Å². The lowest BCUT2D eigenvalue weighted by Gasteiger charge is -2.56. The molecule has 1 heterocycles. The zero-order valence-electron chi connectivity index (χ0n) is 13.3. The lowest BCUT2D eigenvalue weighted by atomic mass is 9.52. The van der Waals surface area contributed by atoms with E-state index in [0.29, 0.717) is 17.9 Å². The highest BCUT2D eigenvalue weighted by atomic mass is 16.5. The zero-order chi connectivity index (χ0) is 14.1. The smallest absolute Gasteiger partial charge is 0.126 e. The van der Waals surface area contributed by atoms with Crippen LogP contribution >= 0.6 is 0 Å². The second kappa shape index (κ2) is 4.01. The first-order valence-corrected chi connectivity index (χ1v) is 7.63. The lowest BCUT2D eigenvalue weighted by molar-refractivity contribution is -0.0436. The van der Waals surface area contributed by atoms with Gasteiger partial charge in [0.25, 0.3) is 0 Å². The molecule has 1 aromatic carbocycles. The van der Waals surface area contributed by atoms with Gasteiger partial charge in [-0.25, -0.2) is 0 Å². The van der Waals surface area contributed by atoms with Crippen LogP contribution in [0.1, 0.15) is 54.5 Å². The highest BCUT2D eigenvalue weighted by Crippen LogP contribution is 2.60. The van der Waals surface area contributed by atoms with Gasteiger partial charge >= 0.3 is 0 Å². The van der Waals surface area contributed by atoms with Crippen LogP contribution < -0.4 is 4.74 Å². The van der Waals surface area contributed by atoms with Gasteiger partial charge in [-0.2, -0.15) is 0 Å². The van der Waals surface area contributed by atoms with Crippen LogP contribution in [-0.2, 0) is 0 Å². The predicted molar refractivity (Wildman–Crippen MR) is 80.0 cm³/mol. The molecule has 0 bridgehead atoms. The fourth-order valence-corrected chi connectivity index (χ4v) is 4.51. The van der Waals surface area contributed by atoms with E-state index in [2.05, 4.69) is 48.5 Å². The van der Waals surface area contributed by atoms with E-state index in [9.17, 15) is 0 Å². The van der Waals surface area contributed by atoms with Gasteiger partial charge in [0, 0.05) is 11.5 Å². The molecule has 1 fully saturated rings. The van der Waals surface area contributed by atoms with Crippen molar-refractivity contribution < 1.29 is 4.74 Å². The predicted octanol–water partition coefficient (Wildman–Crippen LogP) is 4.69. The van der Waals surface area contributed by atoms with Crippen molar-refractivity contribution in [2.45, 2.75) is 60.5 Å². The Balaban J connectivity index is 2.23. The van der Waals surface area contributed by atoms with Crippen molar-refractivity contribution in [2.24, 2.45) is 17.8 Å². The topological polar surface area (TPSA) is 9.23 Å². The van der Waals surface area contributed by atoms with Crippen LogP contribution in [0.3, 0.4) is 0 Å². The minimum absolute atomic E-state index is 0.365. The molecule has 0 saturated heterocycles. The van der Waals surface area contributed by atoms with Gasteiger partial charge in [-0.1, -0.05) is 13.8 Å². The Hall–Kier alpha value is -0.980. The molecule has 1 heteroatoms. The van der Waals surface area contributed by atoms with Crippen molar-refractivity contribution in [3.8, 4) is 5.75 Å². The van der Waals surface area contributed by atoms with Crippen molar-refractivity contribution in [1.29, 1.82) is 0 Å². The number of benzene rings is 1. The van der Waals surface area contributed by atoms with Crippen molar-refractivity contribution in [1.82, 2.24) is 0 Å². The van der Waals surface area contributed by atoms with Gasteiger partial charge in [-0.15, -0.1) is 0 Å². The number of hydrogen-bond donors (Lipinski definition) is 0. The van der Waals surface area contributed by atoms with Crippen LogP contribution in [0.25, 0.3) is 0 Å². The Bertz CT molecular complexity index is 543. The summed E-state index contributed by atoms with van der Waals surface area (Å²) in [5.41, 5.74) is 7.21. The molecule has 0 amide bonds. The quantitative estimate of drug-likeness (QED) is 0.656. The molecular weight excluding hydrogens is 232 g/mol. The fourth-order valence-electron chi connectivity index (χ4n) is 4.51. The third kappa shape index (κ3) is 1.48. The normalized spacial score (nSPS) is 36.1. The molecule has 1 aliphatic heterocycles. The molecule has 1 nitrogen and oxygen atoms in total. The molecule has 1 aliphatic carbocycles. The summed E-state index contributed by atoms with van der Waals surface area (Å²) in [7, 11) is 0. The van der Waals surface area contributed by atoms with E-state index in [1.54, 1.807) is 0 Å². The van der Waals surface area contributed by atoms with Crippen LogP contribution in [0, 0.1) is 45.4 Å². The Morgan fingerprint density at radius 3 is 1.95 bits per heavy atom. The standard InChI is InChI=1S/C18H26O/c1-8-9(2)13(6)18-17(10(8)3)16-12(5)11(4)15(16)14(7)19-18/h11-12,14-16H,1-7H3. The Labute approximate surface area is 117 Å². The molecule has 104 valence electrons. The van der Waals surface area contributed by atoms with Gasteiger partial charge in [-0.3, -0.25) is 0 Å². The average molecular weight is 258 g/mol. The molecule has 3 rings (SSSR count). The van der Waals surface area contributed by atoms with Crippen LogP contribution in [0.4, 0.5) is 0 Å². The van der Waals surface area contributed by atoms with Gasteiger partial charge in [0.2, 0.25) is 0 Å². The molecule has 1 aromatic rings. The summed E-state index contributed by atoms with van der Waals surface area (Å²) in [6.07, 6.45) is 0.365. The molecule has 0 aromatic heterocycles. The summed E-state index contributed by atoms with van der Waals surface area (Å²) in [6.45, 7) is 16.1. The Kier molecular flexibility index (Phi) is 2.75. The number of rotatable bonds is 0. The van der Waals surface area contributed by atoms with E-state index in [1.165, 1.54) is 33.6 Å². The van der Waals surface area contributed by atoms with E-state index >= 15 is 0 Å². The van der Waals surface area contributed by atoms with Crippen LogP contribution in [0.2, 0.25) is 0 Å². The monoisotopic (exact) mass is 258 g/mol. The highest BCUT2D eigenvalue weighted by Gasteiger charge is 2.53. The molecule has 19 heavy (non-hydrogen) atoms. The minimum Gasteiger partial charge on any atom is -0.490 e. The van der Waals surface area contributed by atoms with Crippen molar-refractivity contribution in [3.05, 3.63) is 27.8 Å². The summed E-state index contributed by atoms with van der Waals surface area (Å²) < 4.78 is 6.33. The van der Waals surface area contributed by atoms with Crippen molar-refractivity contribution >= 4 is 0 Å². The zero-order valence-corrected chi connectivity index (χ0v) is 13.3. The fraction of sp³-hybridized carbons (Fsp3) is 0.667. The van der Waals surface area contributed by atoms with Gasteiger partial charge in [0.15, 0.2) is 0 Å². The third-order valence-electron chi connectivity index (χ3n) is 6.27. The largest absolute Gasteiger partial charge is 0.490 e. The molecule has 0 radical (unpaired) electrons. The van der Waals surface area contributed by atoms with Crippen molar-refractivity contribution in [3.63, 3.8) is 0 Å². The molecule has 5 atom stereocenters. The average Bonchev–Trinajstić information content (AvgIpc) is 2.40. The SMILES string of the molecule is Cc1c(C)c(C)c2c(c1C)OC(C)C1C(C)C(C)C21. The molecular formula is C18H26O. The van der Waals surface area contributed by atoms with Crippen LogP contribution in [-0.4, -0.2) is 6.10 Å². The summed E-state index contributed by atoms with van der Waals surface area (Å²) in [4.78, 5) is 0. The van der Waals surface area contributed by atoms with E-state index in [-0.39, 0.29) is 0 Å². The summed E-state index contributed by atoms with van der Waals surface area (Å²) in [5, 5.41) is 0. The first kappa shape index (κ1) is 13.0. The molecule has 2 aliphatic rings. The number of hydrogen-bond acceptors (Lipinski definition) is 1. The summed E-state index contributed by atoms with van der Waals surface area (Å²) in [5.74, 6) is 4.20. The van der Waals surface area contributed by atoms with Crippen LogP contribution in [0.5, 0.6) is 5.75 Å². The first-order chi connectivity index (χ1) is 8.86. The van der Waals surface area contributed by atoms with Gasteiger partial charge in [-0.05, 0) is 74.6 Å². The van der Waals surface area contributed by atoms with E-state index in [0.717, 1.165) is 11.8 Å². The van der Waals surface area contributed by atoms with E-state index < -0.39 is 0 Å². The van der Waals surface area contributed by atoms with Gasteiger partial charge in [0.05, 0.1) is 6.10 Å². The highest BCUT2D eigenvalue weighted by molar-refractivity contribution is 5.57. The molecule has 5 unspecified atom stereocenters. The second-order valence-electron chi connectivity index (χ2n) is 6.89. The number of ether oxygens (including phenoxy) is 1. The van der Waals surface area contributed by atoms with E-state index in [1.807, 2.05) is 0 Å². The van der Waals surface area contributed by atoms with Gasteiger partial charge in [0.1, 0.15) is 5.75 Å². The summed E-state index contributed by atoms with van der Waals surface area (Å²) in [6, 6.07) is 0. The first-order valence-electron chi connectivity index (χ1n) is 7.63. The third-order valence-corrected chi connectivity index (χ3v) is 6.27. The molecule has 1 saturated carbocycles. The second-order valence-corrected chi connectivity index (χ2v) is 6.89. The minimum atomic E-state index is 0.365. The van der Waals surface area contributed by atoms with Gasteiger partial charge < -0.3 is 4.74 Å². The Morgan fingerprint density at radius 2 is 1.32 bits per heavy atom. The maximum absolute atomic E-state index is 6.33. The maximum Gasteiger partial charge on any atom is 0.126 e. The summed E-state index contributed by atoms with van der Waals surface area (Å²) >= 11 is 0. The molecule has 0 spiro atoms. The molecule has 0 N–H and O–H groups in total. The lowest BCUT2D eigenvalue weighted by Crippen LogP contribution is -2.52. The maximum atomic E-state index is 6.33. The Morgan fingerprint density at radius 1 is 0.737 bits per heavy atom. The number of fused-ring (bicyclic) bond motifs is 3. The van der Waals surface area contributed by atoms with Crippen LogP contribution in [0.15, 0.2) is 0 Å². The van der Waals surface area contributed by atoms with E-state index in [4.69, 9.17) is 4.74 Å².